The van der Waals surface area contributed by atoms with Crippen molar-refractivity contribution in [2.45, 2.75) is 13.0 Å². The summed E-state index contributed by atoms with van der Waals surface area (Å²) in [6.45, 7) is 1.45. The van der Waals surface area contributed by atoms with Crippen LogP contribution in [-0.2, 0) is 20.0 Å². The molecule has 0 saturated heterocycles. The number of nitrogens with zero attached hydrogens (tertiary/aromatic N) is 2. The molecule has 1 heterocycles. The maximum Gasteiger partial charge on any atom is 0.120 e. The number of aryl methyl sites for hydroxylation is 1. The highest BCUT2D eigenvalue weighted by Gasteiger charge is 2.03. The van der Waals surface area contributed by atoms with Gasteiger partial charge in [0.15, 0.2) is 0 Å². The van der Waals surface area contributed by atoms with Crippen molar-refractivity contribution in [2.75, 3.05) is 13.7 Å². The Balaban J connectivity index is 1.82. The number of phenolic OH excluding ortho intramolecular Hbond substituents is 1. The fourth-order valence-electron chi connectivity index (χ4n) is 1.89. The second-order valence-corrected chi connectivity index (χ2v) is 4.44. The van der Waals surface area contributed by atoms with Gasteiger partial charge >= 0.3 is 0 Å². The third-order valence-corrected chi connectivity index (χ3v) is 2.95. The first-order valence-corrected chi connectivity index (χ1v) is 6.23. The molecule has 0 amide bonds. The van der Waals surface area contributed by atoms with Crippen LogP contribution in [0, 0.1) is 0 Å². The Bertz CT molecular complexity index is 537. The number of hydrogen-bond donors (Lipinski definition) is 2. The summed E-state index contributed by atoms with van der Waals surface area (Å²) >= 11 is 0. The summed E-state index contributed by atoms with van der Waals surface area (Å²) in [4.78, 5) is 0. The summed E-state index contributed by atoms with van der Waals surface area (Å²) in [5.74, 6) is 1.04. The normalized spacial score (nSPS) is 10.6. The van der Waals surface area contributed by atoms with Crippen molar-refractivity contribution in [1.82, 2.24) is 15.1 Å². The highest BCUT2D eigenvalue weighted by Crippen LogP contribution is 2.22. The second-order valence-electron chi connectivity index (χ2n) is 4.44. The average Bonchev–Trinajstić information content (AvgIpc) is 2.82. The lowest BCUT2D eigenvalue weighted by atomic mass is 10.2. The number of rotatable bonds is 6. The molecule has 0 aliphatic heterocycles. The van der Waals surface area contributed by atoms with Crippen molar-refractivity contribution in [3.05, 3.63) is 41.7 Å². The van der Waals surface area contributed by atoms with E-state index in [1.807, 2.05) is 25.5 Å². The van der Waals surface area contributed by atoms with E-state index in [1.165, 1.54) is 5.56 Å². The molecule has 2 N–H and O–H groups in total. The molecule has 5 heteroatoms. The number of aromatic nitrogens is 2. The lowest BCUT2D eigenvalue weighted by Crippen LogP contribution is -2.16. The summed E-state index contributed by atoms with van der Waals surface area (Å²) in [6.07, 6.45) is 4.79. The van der Waals surface area contributed by atoms with Gasteiger partial charge in [-0.3, -0.25) is 4.68 Å². The second kappa shape index (κ2) is 6.24. The van der Waals surface area contributed by atoms with Crippen molar-refractivity contribution < 1.29 is 9.84 Å². The van der Waals surface area contributed by atoms with E-state index in [0.717, 1.165) is 24.3 Å². The molecule has 2 rings (SSSR count). The zero-order chi connectivity index (χ0) is 13.7. The Hall–Kier alpha value is -2.01. The number of benzene rings is 1. The molecule has 102 valence electrons. The number of aromatic hydroxyl groups is 1. The minimum Gasteiger partial charge on any atom is -0.508 e. The van der Waals surface area contributed by atoms with Gasteiger partial charge in [0.1, 0.15) is 11.5 Å². The monoisotopic (exact) mass is 261 g/mol. The van der Waals surface area contributed by atoms with E-state index in [-0.39, 0.29) is 5.75 Å². The molecular weight excluding hydrogens is 242 g/mol. The summed E-state index contributed by atoms with van der Waals surface area (Å²) < 4.78 is 6.93. The Labute approximate surface area is 112 Å². The number of nitrogens with one attached hydrogen (secondary N) is 1. The van der Waals surface area contributed by atoms with Crippen LogP contribution in [0.1, 0.15) is 11.1 Å². The Morgan fingerprint density at radius 3 is 2.95 bits per heavy atom. The maximum absolute atomic E-state index is 9.74. The van der Waals surface area contributed by atoms with Crippen molar-refractivity contribution in [2.24, 2.45) is 7.05 Å². The van der Waals surface area contributed by atoms with Gasteiger partial charge in [-0.2, -0.15) is 5.10 Å². The molecule has 0 atom stereocenters. The van der Waals surface area contributed by atoms with Crippen LogP contribution < -0.4 is 10.1 Å². The molecule has 0 fully saturated rings. The molecule has 0 aliphatic rings. The molecule has 5 nitrogen and oxygen atoms in total. The molecule has 0 saturated carbocycles. The van der Waals surface area contributed by atoms with Crippen LogP contribution in [-0.4, -0.2) is 28.5 Å². The van der Waals surface area contributed by atoms with Gasteiger partial charge in [0.25, 0.3) is 0 Å². The van der Waals surface area contributed by atoms with Gasteiger partial charge in [0.2, 0.25) is 0 Å². The molecule has 1 aromatic heterocycles. The van der Waals surface area contributed by atoms with E-state index < -0.39 is 0 Å². The van der Waals surface area contributed by atoms with Crippen LogP contribution in [0.25, 0.3) is 0 Å². The molecule has 0 radical (unpaired) electrons. The zero-order valence-corrected chi connectivity index (χ0v) is 11.3. The third-order valence-electron chi connectivity index (χ3n) is 2.95. The first-order valence-electron chi connectivity index (χ1n) is 6.23. The Morgan fingerprint density at radius 1 is 1.42 bits per heavy atom. The highest BCUT2D eigenvalue weighted by molar-refractivity contribution is 5.39. The molecule has 1 aromatic carbocycles. The van der Waals surface area contributed by atoms with Crippen molar-refractivity contribution in [3.63, 3.8) is 0 Å². The quantitative estimate of drug-likeness (QED) is 0.773. The van der Waals surface area contributed by atoms with Crippen LogP contribution in [0.3, 0.4) is 0 Å². The van der Waals surface area contributed by atoms with E-state index in [1.54, 1.807) is 23.9 Å². The van der Waals surface area contributed by atoms with Crippen LogP contribution in [0.2, 0.25) is 0 Å². The van der Waals surface area contributed by atoms with E-state index in [2.05, 4.69) is 10.4 Å². The van der Waals surface area contributed by atoms with Gasteiger partial charge in [-0.05, 0) is 36.7 Å². The van der Waals surface area contributed by atoms with Crippen molar-refractivity contribution in [1.29, 1.82) is 0 Å². The molecule has 2 aromatic rings. The lowest BCUT2D eigenvalue weighted by Gasteiger charge is -2.08. The first kappa shape index (κ1) is 13.4. The molecular formula is C14H19N3O2. The molecule has 0 bridgehead atoms. The Morgan fingerprint density at radius 2 is 2.26 bits per heavy atom. The van der Waals surface area contributed by atoms with Gasteiger partial charge in [0, 0.05) is 25.4 Å². The average molecular weight is 261 g/mol. The SMILES string of the molecule is COc1ccc(O)c(CNCCc2cnn(C)c2)c1. The number of phenols is 1. The van der Waals surface area contributed by atoms with Crippen molar-refractivity contribution in [3.8, 4) is 11.5 Å². The minimum atomic E-state index is 0.287. The summed E-state index contributed by atoms with van der Waals surface area (Å²) in [5, 5.41) is 17.2. The van der Waals surface area contributed by atoms with Gasteiger partial charge in [-0.15, -0.1) is 0 Å². The fraction of sp³-hybridized carbons (Fsp3) is 0.357. The molecule has 0 spiro atoms. The molecule has 0 aliphatic carbocycles. The van der Waals surface area contributed by atoms with E-state index in [9.17, 15) is 5.11 Å². The highest BCUT2D eigenvalue weighted by atomic mass is 16.5. The Kier molecular flexibility index (Phi) is 4.41. The predicted octanol–water partition coefficient (Wildman–Crippen LogP) is 1.47. The van der Waals surface area contributed by atoms with Crippen LogP contribution in [0.15, 0.2) is 30.6 Å². The predicted molar refractivity (Wildman–Crippen MR) is 73.3 cm³/mol. The largest absolute Gasteiger partial charge is 0.508 e. The summed E-state index contributed by atoms with van der Waals surface area (Å²) in [5.41, 5.74) is 2.04. The zero-order valence-electron chi connectivity index (χ0n) is 11.3. The van der Waals surface area contributed by atoms with Crippen LogP contribution in [0.5, 0.6) is 11.5 Å². The summed E-state index contributed by atoms with van der Waals surface area (Å²) in [6, 6.07) is 5.23. The van der Waals surface area contributed by atoms with Crippen LogP contribution >= 0.6 is 0 Å². The standard InChI is InChI=1S/C14H19N3O2/c1-17-10-11(8-16-17)5-6-15-9-12-7-13(19-2)3-4-14(12)18/h3-4,7-8,10,15,18H,5-6,9H2,1-2H3. The van der Waals surface area contributed by atoms with Crippen molar-refractivity contribution >= 4 is 0 Å². The topological polar surface area (TPSA) is 59.3 Å². The van der Waals surface area contributed by atoms with E-state index >= 15 is 0 Å². The first-order chi connectivity index (χ1) is 9.19. The summed E-state index contributed by atoms with van der Waals surface area (Å²) in [7, 11) is 3.53. The maximum atomic E-state index is 9.74. The fourth-order valence-corrected chi connectivity index (χ4v) is 1.89. The molecule has 19 heavy (non-hydrogen) atoms. The van der Waals surface area contributed by atoms with Gasteiger partial charge in [0.05, 0.1) is 13.3 Å². The van der Waals surface area contributed by atoms with Crippen LogP contribution in [0.4, 0.5) is 0 Å². The van der Waals surface area contributed by atoms with E-state index in [4.69, 9.17) is 4.74 Å². The third kappa shape index (κ3) is 3.72. The molecule has 0 unspecified atom stereocenters. The van der Waals surface area contributed by atoms with Gasteiger partial charge in [-0.1, -0.05) is 0 Å². The van der Waals surface area contributed by atoms with Gasteiger partial charge in [-0.25, -0.2) is 0 Å². The number of methoxy groups -OCH3 is 1. The minimum absolute atomic E-state index is 0.287. The smallest absolute Gasteiger partial charge is 0.120 e. The number of hydrogen-bond acceptors (Lipinski definition) is 4. The van der Waals surface area contributed by atoms with E-state index in [0.29, 0.717) is 6.54 Å². The number of ether oxygens (including phenoxy) is 1. The van der Waals surface area contributed by atoms with Gasteiger partial charge < -0.3 is 15.2 Å². The lowest BCUT2D eigenvalue weighted by molar-refractivity contribution is 0.410.